The first kappa shape index (κ1) is 23.1. The molecule has 0 aliphatic carbocycles. The fourth-order valence-corrected chi connectivity index (χ4v) is 3.82. The summed E-state index contributed by atoms with van der Waals surface area (Å²) in [5.41, 5.74) is 2.66. The molecule has 1 heterocycles. The fourth-order valence-electron chi connectivity index (χ4n) is 3.82. The van der Waals surface area contributed by atoms with Gasteiger partial charge in [-0.1, -0.05) is 18.2 Å². The van der Waals surface area contributed by atoms with E-state index in [2.05, 4.69) is 10.6 Å². The molecule has 0 saturated carbocycles. The highest BCUT2D eigenvalue weighted by molar-refractivity contribution is 5.91. The summed E-state index contributed by atoms with van der Waals surface area (Å²) in [4.78, 5) is 12.9. The summed E-state index contributed by atoms with van der Waals surface area (Å²) in [5.74, 6) is 3.38. The SMILES string of the molecule is COc1ccc(C[C@H](Cc2ccc3c(c2)OCO3)NC(=O)Nc2ccc(OC)cc2OC)cc1. The predicted molar refractivity (Wildman–Crippen MR) is 128 cm³/mol. The third kappa shape index (κ3) is 5.64. The highest BCUT2D eigenvalue weighted by atomic mass is 16.7. The van der Waals surface area contributed by atoms with Gasteiger partial charge in [-0.25, -0.2) is 4.79 Å². The van der Waals surface area contributed by atoms with Crippen LogP contribution in [0.4, 0.5) is 10.5 Å². The van der Waals surface area contributed by atoms with Gasteiger partial charge in [-0.15, -0.1) is 0 Å². The van der Waals surface area contributed by atoms with Crippen molar-refractivity contribution in [1.29, 1.82) is 0 Å². The number of amides is 2. The summed E-state index contributed by atoms with van der Waals surface area (Å²) >= 11 is 0. The smallest absolute Gasteiger partial charge is 0.319 e. The van der Waals surface area contributed by atoms with E-state index < -0.39 is 0 Å². The van der Waals surface area contributed by atoms with Crippen molar-refractivity contribution in [3.8, 4) is 28.7 Å². The number of ether oxygens (including phenoxy) is 5. The lowest BCUT2D eigenvalue weighted by atomic mass is 9.98. The quantitative estimate of drug-likeness (QED) is 0.488. The molecule has 34 heavy (non-hydrogen) atoms. The number of carbonyl (C=O) groups excluding carboxylic acids is 1. The Bertz CT molecular complexity index is 1130. The molecular formula is C26H28N2O6. The Kier molecular flexibility index (Phi) is 7.27. The maximum Gasteiger partial charge on any atom is 0.319 e. The van der Waals surface area contributed by atoms with E-state index in [9.17, 15) is 4.79 Å². The summed E-state index contributed by atoms with van der Waals surface area (Å²) in [6, 6.07) is 18.4. The number of anilines is 1. The van der Waals surface area contributed by atoms with Gasteiger partial charge < -0.3 is 34.3 Å². The Morgan fingerprint density at radius 2 is 1.50 bits per heavy atom. The molecule has 2 N–H and O–H groups in total. The van der Waals surface area contributed by atoms with E-state index >= 15 is 0 Å². The molecule has 0 aromatic heterocycles. The zero-order valence-electron chi connectivity index (χ0n) is 19.4. The van der Waals surface area contributed by atoms with Crippen molar-refractivity contribution in [2.24, 2.45) is 0 Å². The highest BCUT2D eigenvalue weighted by Crippen LogP contribution is 2.33. The molecule has 8 heteroatoms. The molecule has 1 atom stereocenters. The topological polar surface area (TPSA) is 87.3 Å². The summed E-state index contributed by atoms with van der Waals surface area (Å²) in [7, 11) is 4.76. The molecule has 8 nitrogen and oxygen atoms in total. The summed E-state index contributed by atoms with van der Waals surface area (Å²) in [5, 5.41) is 5.98. The second-order valence-corrected chi connectivity index (χ2v) is 7.81. The van der Waals surface area contributed by atoms with Gasteiger partial charge in [-0.2, -0.15) is 0 Å². The van der Waals surface area contributed by atoms with Gasteiger partial charge >= 0.3 is 6.03 Å². The van der Waals surface area contributed by atoms with E-state index in [4.69, 9.17) is 23.7 Å². The number of rotatable bonds is 9. The van der Waals surface area contributed by atoms with E-state index in [1.54, 1.807) is 39.5 Å². The maximum absolute atomic E-state index is 12.9. The van der Waals surface area contributed by atoms with Gasteiger partial charge in [0.05, 0.1) is 27.0 Å². The van der Waals surface area contributed by atoms with Crippen LogP contribution in [-0.4, -0.2) is 40.2 Å². The van der Waals surface area contributed by atoms with Crippen molar-refractivity contribution in [2.75, 3.05) is 33.4 Å². The third-order valence-electron chi connectivity index (χ3n) is 5.55. The molecule has 0 saturated heterocycles. The zero-order chi connectivity index (χ0) is 23.9. The molecule has 2 amide bonds. The van der Waals surface area contributed by atoms with E-state index in [1.807, 2.05) is 42.5 Å². The normalized spacial score (nSPS) is 12.6. The molecule has 4 rings (SSSR count). The lowest BCUT2D eigenvalue weighted by Gasteiger charge is -2.20. The van der Waals surface area contributed by atoms with Gasteiger partial charge in [0.15, 0.2) is 11.5 Å². The molecule has 1 aliphatic heterocycles. The monoisotopic (exact) mass is 464 g/mol. The molecule has 0 fully saturated rings. The van der Waals surface area contributed by atoms with Crippen LogP contribution in [0.25, 0.3) is 0 Å². The summed E-state index contributed by atoms with van der Waals surface area (Å²) < 4.78 is 26.8. The van der Waals surface area contributed by atoms with Crippen molar-refractivity contribution in [3.05, 3.63) is 71.8 Å². The highest BCUT2D eigenvalue weighted by Gasteiger charge is 2.19. The van der Waals surface area contributed by atoms with Crippen molar-refractivity contribution < 1.29 is 28.5 Å². The summed E-state index contributed by atoms with van der Waals surface area (Å²) in [6.07, 6.45) is 1.24. The number of urea groups is 1. The van der Waals surface area contributed by atoms with Crippen LogP contribution in [0.2, 0.25) is 0 Å². The number of carbonyl (C=O) groups is 1. The second-order valence-electron chi connectivity index (χ2n) is 7.81. The minimum atomic E-state index is -0.331. The van der Waals surface area contributed by atoms with Gasteiger partial charge in [0.1, 0.15) is 17.2 Å². The van der Waals surface area contributed by atoms with Gasteiger partial charge in [-0.05, 0) is 60.4 Å². The number of hydrogen-bond acceptors (Lipinski definition) is 6. The molecule has 3 aromatic rings. The minimum Gasteiger partial charge on any atom is -0.497 e. The van der Waals surface area contributed by atoms with Gasteiger partial charge in [-0.3, -0.25) is 0 Å². The van der Waals surface area contributed by atoms with E-state index in [1.165, 1.54) is 0 Å². The number of nitrogens with one attached hydrogen (secondary N) is 2. The van der Waals surface area contributed by atoms with Crippen LogP contribution in [0.3, 0.4) is 0 Å². The van der Waals surface area contributed by atoms with Crippen LogP contribution in [0.1, 0.15) is 11.1 Å². The molecule has 1 aliphatic rings. The van der Waals surface area contributed by atoms with Crippen LogP contribution < -0.4 is 34.3 Å². The largest absolute Gasteiger partial charge is 0.497 e. The Hall–Kier alpha value is -4.07. The third-order valence-corrected chi connectivity index (χ3v) is 5.55. The minimum absolute atomic E-state index is 0.182. The number of hydrogen-bond donors (Lipinski definition) is 2. The first-order chi connectivity index (χ1) is 16.6. The van der Waals surface area contributed by atoms with Gasteiger partial charge in [0.2, 0.25) is 6.79 Å². The number of methoxy groups -OCH3 is 3. The predicted octanol–water partition coefficient (Wildman–Crippen LogP) is 4.42. The Morgan fingerprint density at radius 1 is 0.824 bits per heavy atom. The summed E-state index contributed by atoms with van der Waals surface area (Å²) in [6.45, 7) is 0.221. The fraction of sp³-hybridized carbons (Fsp3) is 0.269. The van der Waals surface area contributed by atoms with Crippen molar-refractivity contribution in [3.63, 3.8) is 0 Å². The molecule has 0 bridgehead atoms. The Labute approximate surface area is 198 Å². The lowest BCUT2D eigenvalue weighted by molar-refractivity contribution is 0.174. The number of benzene rings is 3. The number of fused-ring (bicyclic) bond motifs is 1. The molecule has 0 radical (unpaired) electrons. The van der Waals surface area contributed by atoms with Gasteiger partial charge in [0, 0.05) is 12.1 Å². The van der Waals surface area contributed by atoms with Crippen LogP contribution in [0.5, 0.6) is 28.7 Å². The van der Waals surface area contributed by atoms with Crippen molar-refractivity contribution in [2.45, 2.75) is 18.9 Å². The zero-order valence-corrected chi connectivity index (χ0v) is 19.4. The lowest BCUT2D eigenvalue weighted by Crippen LogP contribution is -2.40. The van der Waals surface area contributed by atoms with E-state index in [0.717, 1.165) is 22.6 Å². The Balaban J connectivity index is 1.50. The average Bonchev–Trinajstić information content (AvgIpc) is 3.32. The van der Waals surface area contributed by atoms with Crippen LogP contribution in [0.15, 0.2) is 60.7 Å². The standard InChI is InChI=1S/C26H28N2O6/c1-30-20-7-4-17(5-8-20)12-19(13-18-6-11-23-25(14-18)34-16-33-23)27-26(29)28-22-10-9-21(31-2)15-24(22)32-3/h4-11,14-15,19H,12-13,16H2,1-3H3,(H2,27,28,29)/t19-/m1/s1. The average molecular weight is 465 g/mol. The second kappa shape index (κ2) is 10.7. The van der Waals surface area contributed by atoms with Crippen LogP contribution in [0, 0.1) is 0 Å². The Morgan fingerprint density at radius 3 is 2.24 bits per heavy atom. The molecule has 0 spiro atoms. The molecule has 3 aromatic carbocycles. The first-order valence-electron chi connectivity index (χ1n) is 10.9. The van der Waals surface area contributed by atoms with Crippen molar-refractivity contribution in [1.82, 2.24) is 5.32 Å². The molecular weight excluding hydrogens is 436 g/mol. The maximum atomic E-state index is 12.9. The van der Waals surface area contributed by atoms with Crippen molar-refractivity contribution >= 4 is 11.7 Å². The van der Waals surface area contributed by atoms with E-state index in [-0.39, 0.29) is 18.9 Å². The molecule has 0 unspecified atom stereocenters. The van der Waals surface area contributed by atoms with Crippen LogP contribution >= 0.6 is 0 Å². The first-order valence-corrected chi connectivity index (χ1v) is 10.9. The van der Waals surface area contributed by atoms with Gasteiger partial charge in [0.25, 0.3) is 0 Å². The van der Waals surface area contributed by atoms with E-state index in [0.29, 0.717) is 35.8 Å². The molecule has 178 valence electrons. The van der Waals surface area contributed by atoms with Crippen LogP contribution in [-0.2, 0) is 12.8 Å².